The maximum absolute atomic E-state index is 11.6. The van der Waals surface area contributed by atoms with Crippen LogP contribution < -0.4 is 0 Å². The highest BCUT2D eigenvalue weighted by atomic mass is 79.9. The summed E-state index contributed by atoms with van der Waals surface area (Å²) in [6, 6.07) is 5.68. The van der Waals surface area contributed by atoms with Crippen molar-refractivity contribution >= 4 is 33.5 Å². The van der Waals surface area contributed by atoms with Crippen LogP contribution in [0, 0.1) is 0 Å². The minimum atomic E-state index is -0.199. The highest BCUT2D eigenvalue weighted by Gasteiger charge is 2.19. The maximum atomic E-state index is 11.6. The number of hydrogen-bond donors (Lipinski definition) is 0. The number of rotatable bonds is 5. The molecule has 18 heavy (non-hydrogen) atoms. The van der Waals surface area contributed by atoms with Crippen molar-refractivity contribution in [1.82, 2.24) is 4.90 Å². The van der Waals surface area contributed by atoms with E-state index in [4.69, 9.17) is 16.3 Å². The van der Waals surface area contributed by atoms with E-state index in [9.17, 15) is 4.79 Å². The SMILES string of the molecule is CCOC(=O)CC(c1ccc(Br)c(Cl)c1)N(C)C. The van der Waals surface area contributed by atoms with Crippen LogP contribution in [0.2, 0.25) is 5.02 Å². The molecule has 0 aliphatic heterocycles. The molecular weight excluding hydrogens is 318 g/mol. The van der Waals surface area contributed by atoms with Gasteiger partial charge in [0.15, 0.2) is 0 Å². The molecule has 100 valence electrons. The highest BCUT2D eigenvalue weighted by molar-refractivity contribution is 9.10. The van der Waals surface area contributed by atoms with Crippen LogP contribution in [-0.4, -0.2) is 31.6 Å². The third-order valence-corrected chi connectivity index (χ3v) is 3.85. The normalized spacial score (nSPS) is 12.6. The molecule has 0 heterocycles. The van der Waals surface area contributed by atoms with Crippen molar-refractivity contribution in [3.63, 3.8) is 0 Å². The predicted molar refractivity (Wildman–Crippen MR) is 76.8 cm³/mol. The topological polar surface area (TPSA) is 29.5 Å². The molecule has 0 spiro atoms. The number of carbonyl (C=O) groups is 1. The predicted octanol–water partition coefficient (Wildman–Crippen LogP) is 3.66. The Morgan fingerprint density at radius 2 is 2.17 bits per heavy atom. The largest absolute Gasteiger partial charge is 0.466 e. The average molecular weight is 335 g/mol. The second kappa shape index (κ2) is 7.12. The van der Waals surface area contributed by atoms with Crippen LogP contribution >= 0.6 is 27.5 Å². The van der Waals surface area contributed by atoms with E-state index in [-0.39, 0.29) is 12.0 Å². The van der Waals surface area contributed by atoms with E-state index in [1.165, 1.54) is 0 Å². The monoisotopic (exact) mass is 333 g/mol. The maximum Gasteiger partial charge on any atom is 0.307 e. The molecule has 0 radical (unpaired) electrons. The third kappa shape index (κ3) is 4.26. The summed E-state index contributed by atoms with van der Waals surface area (Å²) in [6.07, 6.45) is 0.318. The molecule has 1 aromatic carbocycles. The van der Waals surface area contributed by atoms with Gasteiger partial charge in [-0.15, -0.1) is 0 Å². The van der Waals surface area contributed by atoms with Crippen molar-refractivity contribution < 1.29 is 9.53 Å². The lowest BCUT2D eigenvalue weighted by molar-refractivity contribution is -0.144. The molecule has 5 heteroatoms. The first-order valence-corrected chi connectivity index (χ1v) is 6.89. The molecule has 0 bridgehead atoms. The zero-order valence-corrected chi connectivity index (χ0v) is 13.1. The fourth-order valence-electron chi connectivity index (χ4n) is 1.70. The van der Waals surface area contributed by atoms with Crippen molar-refractivity contribution in [2.75, 3.05) is 20.7 Å². The smallest absolute Gasteiger partial charge is 0.307 e. The lowest BCUT2D eigenvalue weighted by Crippen LogP contribution is -2.23. The Hall–Kier alpha value is -0.580. The summed E-state index contributed by atoms with van der Waals surface area (Å²) in [6.45, 7) is 2.21. The van der Waals surface area contributed by atoms with Crippen LogP contribution in [0.15, 0.2) is 22.7 Å². The lowest BCUT2D eigenvalue weighted by Gasteiger charge is -2.24. The number of esters is 1. The van der Waals surface area contributed by atoms with Gasteiger partial charge in [-0.1, -0.05) is 17.7 Å². The van der Waals surface area contributed by atoms with Gasteiger partial charge in [0.05, 0.1) is 18.1 Å². The van der Waals surface area contributed by atoms with Gasteiger partial charge in [-0.3, -0.25) is 4.79 Å². The van der Waals surface area contributed by atoms with Gasteiger partial charge >= 0.3 is 5.97 Å². The summed E-state index contributed by atoms with van der Waals surface area (Å²) in [5, 5.41) is 0.642. The molecule has 0 saturated carbocycles. The van der Waals surface area contributed by atoms with E-state index in [1.807, 2.05) is 37.2 Å². The number of hydrogen-bond acceptors (Lipinski definition) is 3. The van der Waals surface area contributed by atoms with Gasteiger partial charge in [-0.05, 0) is 54.6 Å². The Morgan fingerprint density at radius 3 is 2.67 bits per heavy atom. The minimum absolute atomic E-state index is 0.0327. The molecule has 1 rings (SSSR count). The first kappa shape index (κ1) is 15.5. The molecule has 3 nitrogen and oxygen atoms in total. The Labute approximate surface area is 121 Å². The van der Waals surface area contributed by atoms with Gasteiger partial charge in [0.25, 0.3) is 0 Å². The van der Waals surface area contributed by atoms with Crippen molar-refractivity contribution in [2.45, 2.75) is 19.4 Å². The van der Waals surface area contributed by atoms with E-state index < -0.39 is 0 Å². The zero-order valence-electron chi connectivity index (χ0n) is 10.7. The lowest BCUT2D eigenvalue weighted by atomic mass is 10.0. The Kier molecular flexibility index (Phi) is 6.12. The molecule has 1 atom stereocenters. The van der Waals surface area contributed by atoms with E-state index in [2.05, 4.69) is 15.9 Å². The number of nitrogens with zero attached hydrogens (tertiary/aromatic N) is 1. The van der Waals surface area contributed by atoms with Gasteiger partial charge < -0.3 is 9.64 Å². The Balaban J connectivity index is 2.90. The first-order valence-electron chi connectivity index (χ1n) is 5.72. The summed E-state index contributed by atoms with van der Waals surface area (Å²) >= 11 is 9.43. The summed E-state index contributed by atoms with van der Waals surface area (Å²) in [7, 11) is 3.86. The molecule has 1 unspecified atom stereocenters. The van der Waals surface area contributed by atoms with Gasteiger partial charge in [0.2, 0.25) is 0 Å². The second-order valence-electron chi connectivity index (χ2n) is 4.16. The number of carbonyl (C=O) groups excluding carboxylic acids is 1. The zero-order chi connectivity index (χ0) is 13.7. The number of halogens is 2. The van der Waals surface area contributed by atoms with E-state index >= 15 is 0 Å². The molecule has 0 saturated heterocycles. The minimum Gasteiger partial charge on any atom is -0.466 e. The fraction of sp³-hybridized carbons (Fsp3) is 0.462. The summed E-state index contributed by atoms with van der Waals surface area (Å²) < 4.78 is 5.84. The third-order valence-electron chi connectivity index (χ3n) is 2.62. The highest BCUT2D eigenvalue weighted by Crippen LogP contribution is 2.29. The van der Waals surface area contributed by atoms with Crippen molar-refractivity contribution in [3.05, 3.63) is 33.3 Å². The van der Waals surface area contributed by atoms with Crippen LogP contribution in [0.3, 0.4) is 0 Å². The van der Waals surface area contributed by atoms with E-state index in [0.29, 0.717) is 18.1 Å². The molecule has 0 fully saturated rings. The van der Waals surface area contributed by atoms with Gasteiger partial charge in [0, 0.05) is 10.5 Å². The summed E-state index contributed by atoms with van der Waals surface area (Å²) in [5.74, 6) is -0.199. The van der Waals surface area contributed by atoms with E-state index in [0.717, 1.165) is 10.0 Å². The van der Waals surface area contributed by atoms with Crippen LogP contribution in [-0.2, 0) is 9.53 Å². The molecule has 0 aliphatic rings. The number of benzene rings is 1. The van der Waals surface area contributed by atoms with Gasteiger partial charge in [-0.2, -0.15) is 0 Å². The van der Waals surface area contributed by atoms with Crippen molar-refractivity contribution in [3.8, 4) is 0 Å². The molecule has 0 N–H and O–H groups in total. The van der Waals surface area contributed by atoms with E-state index in [1.54, 1.807) is 6.92 Å². The molecule has 1 aromatic rings. The Morgan fingerprint density at radius 1 is 1.50 bits per heavy atom. The second-order valence-corrected chi connectivity index (χ2v) is 5.42. The molecular formula is C13H17BrClNO2. The van der Waals surface area contributed by atoms with Crippen molar-refractivity contribution in [2.24, 2.45) is 0 Å². The van der Waals surface area contributed by atoms with Crippen LogP contribution in [0.4, 0.5) is 0 Å². The van der Waals surface area contributed by atoms with Crippen LogP contribution in [0.5, 0.6) is 0 Å². The standard InChI is InChI=1S/C13H17BrClNO2/c1-4-18-13(17)8-12(16(2)3)9-5-6-10(14)11(15)7-9/h5-7,12H,4,8H2,1-3H3. The molecule has 0 aliphatic carbocycles. The van der Waals surface area contributed by atoms with Gasteiger partial charge in [0.1, 0.15) is 0 Å². The van der Waals surface area contributed by atoms with Gasteiger partial charge in [-0.25, -0.2) is 0 Å². The quantitative estimate of drug-likeness (QED) is 0.770. The average Bonchev–Trinajstić information content (AvgIpc) is 2.30. The summed E-state index contributed by atoms with van der Waals surface area (Å²) in [5.41, 5.74) is 1.00. The van der Waals surface area contributed by atoms with Crippen LogP contribution in [0.25, 0.3) is 0 Å². The fourth-order valence-corrected chi connectivity index (χ4v) is 2.13. The van der Waals surface area contributed by atoms with Crippen LogP contribution in [0.1, 0.15) is 24.9 Å². The summed E-state index contributed by atoms with van der Waals surface area (Å²) in [4.78, 5) is 13.6. The van der Waals surface area contributed by atoms with Crippen molar-refractivity contribution in [1.29, 1.82) is 0 Å². The molecule has 0 aromatic heterocycles. The number of ether oxygens (including phenoxy) is 1. The first-order chi connectivity index (χ1) is 8.45. The Bertz CT molecular complexity index is 423. The molecule has 0 amide bonds.